The first-order chi connectivity index (χ1) is 11.6. The van der Waals surface area contributed by atoms with E-state index in [1.54, 1.807) is 26.8 Å². The molecular weight excluding hydrogens is 322 g/mol. The van der Waals surface area contributed by atoms with E-state index in [1.165, 1.54) is 6.92 Å². The molecule has 3 amide bonds. The summed E-state index contributed by atoms with van der Waals surface area (Å²) in [5.41, 5.74) is 6.68. The molecule has 138 valence electrons. The van der Waals surface area contributed by atoms with Crippen molar-refractivity contribution in [2.24, 2.45) is 5.92 Å². The van der Waals surface area contributed by atoms with Crippen molar-refractivity contribution in [3.05, 3.63) is 29.3 Å². The molecule has 0 saturated heterocycles. The molecule has 3 N–H and O–H groups in total. The summed E-state index contributed by atoms with van der Waals surface area (Å²) >= 11 is 0. The number of carbonyl (C=O) groups is 3. The minimum Gasteiger partial charge on any atom is -0.481 e. The molecule has 0 bridgehead atoms. The molecule has 1 rings (SSSR count). The maximum absolute atomic E-state index is 12.1. The number of benzene rings is 1. The Kier molecular flexibility index (Phi) is 7.42. The molecule has 1 aromatic rings. The second kappa shape index (κ2) is 9.05. The van der Waals surface area contributed by atoms with E-state index in [4.69, 9.17) is 4.74 Å². The molecule has 0 fully saturated rings. The van der Waals surface area contributed by atoms with Gasteiger partial charge in [0.1, 0.15) is 11.8 Å². The van der Waals surface area contributed by atoms with Gasteiger partial charge in [-0.25, -0.2) is 0 Å². The Morgan fingerprint density at radius 3 is 2.16 bits per heavy atom. The Morgan fingerprint density at radius 2 is 1.60 bits per heavy atom. The van der Waals surface area contributed by atoms with Crippen LogP contribution in [-0.2, 0) is 14.4 Å². The highest BCUT2D eigenvalue weighted by Crippen LogP contribution is 2.21. The molecule has 0 aliphatic rings. The third kappa shape index (κ3) is 6.10. The maximum atomic E-state index is 12.1. The summed E-state index contributed by atoms with van der Waals surface area (Å²) in [4.78, 5) is 35.4. The van der Waals surface area contributed by atoms with E-state index in [9.17, 15) is 14.4 Å². The lowest BCUT2D eigenvalue weighted by atomic mass is 10.0. The van der Waals surface area contributed by atoms with Gasteiger partial charge in [0.05, 0.1) is 0 Å². The zero-order chi connectivity index (χ0) is 19.1. The lowest BCUT2D eigenvalue weighted by molar-refractivity contribution is -0.135. The van der Waals surface area contributed by atoms with Gasteiger partial charge in [0, 0.05) is 6.92 Å². The molecule has 2 unspecified atom stereocenters. The van der Waals surface area contributed by atoms with E-state index >= 15 is 0 Å². The Labute approximate surface area is 148 Å². The van der Waals surface area contributed by atoms with Crippen molar-refractivity contribution in [1.29, 1.82) is 0 Å². The van der Waals surface area contributed by atoms with Crippen molar-refractivity contribution in [2.75, 3.05) is 0 Å². The molecule has 7 nitrogen and oxygen atoms in total. The molecular formula is C18H27N3O4. The second-order valence-electron chi connectivity index (χ2n) is 6.36. The van der Waals surface area contributed by atoms with E-state index in [0.717, 1.165) is 11.1 Å². The Morgan fingerprint density at radius 1 is 1.00 bits per heavy atom. The number of nitrogens with one attached hydrogen (secondary N) is 3. The average Bonchev–Trinajstić information content (AvgIpc) is 2.53. The number of aryl methyl sites for hydroxylation is 1. The predicted octanol–water partition coefficient (Wildman–Crippen LogP) is 1.38. The van der Waals surface area contributed by atoms with Crippen molar-refractivity contribution in [1.82, 2.24) is 16.2 Å². The highest BCUT2D eigenvalue weighted by atomic mass is 16.5. The van der Waals surface area contributed by atoms with Crippen molar-refractivity contribution in [3.8, 4) is 5.75 Å². The summed E-state index contributed by atoms with van der Waals surface area (Å²) in [6.45, 7) is 10.4. The number of hydrazine groups is 1. The second-order valence-corrected chi connectivity index (χ2v) is 6.36. The van der Waals surface area contributed by atoms with E-state index in [1.807, 2.05) is 26.0 Å². The Balaban J connectivity index is 2.61. The number of carbonyl (C=O) groups excluding carboxylic acids is 3. The molecule has 0 heterocycles. The first-order valence-corrected chi connectivity index (χ1v) is 8.23. The number of hydrogen-bond donors (Lipinski definition) is 3. The highest BCUT2D eigenvalue weighted by molar-refractivity contribution is 5.89. The lowest BCUT2D eigenvalue weighted by Gasteiger charge is -2.22. The van der Waals surface area contributed by atoms with Crippen LogP contribution in [0, 0.1) is 19.8 Å². The topological polar surface area (TPSA) is 96.5 Å². The van der Waals surface area contributed by atoms with Crippen molar-refractivity contribution < 1.29 is 19.1 Å². The summed E-state index contributed by atoms with van der Waals surface area (Å²) in [6.07, 6.45) is -0.793. The molecule has 25 heavy (non-hydrogen) atoms. The van der Waals surface area contributed by atoms with Crippen molar-refractivity contribution >= 4 is 17.7 Å². The van der Waals surface area contributed by atoms with Crippen LogP contribution in [0.5, 0.6) is 5.75 Å². The van der Waals surface area contributed by atoms with Gasteiger partial charge in [0.25, 0.3) is 11.8 Å². The van der Waals surface area contributed by atoms with Gasteiger partial charge in [-0.15, -0.1) is 0 Å². The minimum absolute atomic E-state index is 0.121. The molecule has 0 saturated carbocycles. The van der Waals surface area contributed by atoms with Gasteiger partial charge in [0.2, 0.25) is 5.91 Å². The summed E-state index contributed by atoms with van der Waals surface area (Å²) in [5, 5.41) is 2.55. The molecule has 0 aromatic heterocycles. The van der Waals surface area contributed by atoms with Crippen molar-refractivity contribution in [2.45, 2.75) is 53.7 Å². The van der Waals surface area contributed by atoms with Gasteiger partial charge in [0.15, 0.2) is 6.10 Å². The number of ether oxygens (including phenoxy) is 1. The molecule has 2 atom stereocenters. The summed E-state index contributed by atoms with van der Waals surface area (Å²) in [6, 6.07) is 4.87. The van der Waals surface area contributed by atoms with E-state index in [0.29, 0.717) is 5.75 Å². The predicted molar refractivity (Wildman–Crippen MR) is 94.7 cm³/mol. The van der Waals surface area contributed by atoms with Gasteiger partial charge in [-0.05, 0) is 43.9 Å². The maximum Gasteiger partial charge on any atom is 0.279 e. The van der Waals surface area contributed by atoms with Crippen LogP contribution in [0.15, 0.2) is 18.2 Å². The standard InChI is InChI=1S/C18H27N3O4/c1-10(2)16(19-14(6)22)18(24)21-20-17(23)13(5)25-15-9-7-8-11(3)12(15)4/h7-10,13,16H,1-6H3,(H,19,22)(H,20,23)(H,21,24). The SMILES string of the molecule is CC(=O)NC(C(=O)NNC(=O)C(C)Oc1cccc(C)c1C)C(C)C. The fourth-order valence-electron chi connectivity index (χ4n) is 2.15. The van der Waals surface area contributed by atoms with Crippen molar-refractivity contribution in [3.63, 3.8) is 0 Å². The third-order valence-corrected chi connectivity index (χ3v) is 3.84. The van der Waals surface area contributed by atoms with Gasteiger partial charge in [-0.1, -0.05) is 26.0 Å². The van der Waals surface area contributed by atoms with Gasteiger partial charge < -0.3 is 10.1 Å². The van der Waals surface area contributed by atoms with Gasteiger partial charge >= 0.3 is 0 Å². The summed E-state index contributed by atoms with van der Waals surface area (Å²) in [5.74, 6) is -0.791. The van der Waals surface area contributed by atoms with Gasteiger partial charge in [-0.2, -0.15) is 0 Å². The fourth-order valence-corrected chi connectivity index (χ4v) is 2.15. The number of amides is 3. The van der Waals surface area contributed by atoms with Crippen LogP contribution >= 0.6 is 0 Å². The molecule has 0 radical (unpaired) electrons. The normalized spacial score (nSPS) is 12.9. The molecule has 7 heteroatoms. The fraction of sp³-hybridized carbons (Fsp3) is 0.500. The quantitative estimate of drug-likeness (QED) is 0.676. The van der Waals surface area contributed by atoms with Crippen LogP contribution in [0.1, 0.15) is 38.8 Å². The molecule has 0 spiro atoms. The zero-order valence-corrected chi connectivity index (χ0v) is 15.6. The first-order valence-electron chi connectivity index (χ1n) is 8.23. The Bertz CT molecular complexity index is 643. The van der Waals surface area contributed by atoms with Crippen LogP contribution < -0.4 is 20.9 Å². The van der Waals surface area contributed by atoms with Crippen LogP contribution in [0.3, 0.4) is 0 Å². The third-order valence-electron chi connectivity index (χ3n) is 3.84. The Hall–Kier alpha value is -2.57. The van der Waals surface area contributed by atoms with Gasteiger partial charge in [-0.3, -0.25) is 25.2 Å². The monoisotopic (exact) mass is 349 g/mol. The van der Waals surface area contributed by atoms with E-state index in [2.05, 4.69) is 16.2 Å². The van der Waals surface area contributed by atoms with Crippen LogP contribution in [0.25, 0.3) is 0 Å². The average molecular weight is 349 g/mol. The molecule has 1 aromatic carbocycles. The summed E-state index contributed by atoms with van der Waals surface area (Å²) in [7, 11) is 0. The van der Waals surface area contributed by atoms with Crippen LogP contribution in [0.2, 0.25) is 0 Å². The summed E-state index contributed by atoms with van der Waals surface area (Å²) < 4.78 is 5.66. The minimum atomic E-state index is -0.793. The zero-order valence-electron chi connectivity index (χ0n) is 15.6. The highest BCUT2D eigenvalue weighted by Gasteiger charge is 2.24. The molecule has 0 aliphatic carbocycles. The first kappa shape index (κ1) is 20.5. The van der Waals surface area contributed by atoms with E-state index in [-0.39, 0.29) is 11.8 Å². The number of hydrogen-bond acceptors (Lipinski definition) is 4. The van der Waals surface area contributed by atoms with E-state index < -0.39 is 24.0 Å². The smallest absolute Gasteiger partial charge is 0.279 e. The van der Waals surface area contributed by atoms with Crippen LogP contribution in [0.4, 0.5) is 0 Å². The lowest BCUT2D eigenvalue weighted by Crippen LogP contribution is -2.55. The molecule has 0 aliphatic heterocycles. The largest absolute Gasteiger partial charge is 0.481 e. The number of rotatable bonds is 6. The van der Waals surface area contributed by atoms with Crippen LogP contribution in [-0.4, -0.2) is 29.9 Å².